The van der Waals surface area contributed by atoms with Crippen LogP contribution in [0.3, 0.4) is 0 Å². The predicted octanol–water partition coefficient (Wildman–Crippen LogP) is 2.27. The number of carbonyl (C=O) groups is 1. The Hall–Kier alpha value is -1.59. The number of aliphatic hydroxyl groups is 1. The smallest absolute Gasteiger partial charge is 0.220 e. The maximum Gasteiger partial charge on any atom is 0.220 e. The third kappa shape index (κ3) is 5.21. The second-order valence-electron chi connectivity index (χ2n) is 7.77. The van der Waals surface area contributed by atoms with Crippen LogP contribution in [-0.2, 0) is 11.2 Å². The molecule has 0 bridgehead atoms. The quantitative estimate of drug-likeness (QED) is 0.665. The Bertz CT molecular complexity index is 563. The van der Waals surface area contributed by atoms with Crippen LogP contribution in [0, 0.1) is 11.8 Å². The van der Waals surface area contributed by atoms with Gasteiger partial charge in [-0.25, -0.2) is 0 Å². The summed E-state index contributed by atoms with van der Waals surface area (Å²) in [5, 5.41) is 16.4. The van der Waals surface area contributed by atoms with E-state index < -0.39 is 0 Å². The van der Waals surface area contributed by atoms with E-state index in [0.717, 1.165) is 57.4 Å². The molecular weight excluding hydrogens is 328 g/mol. The molecule has 3 rings (SSSR count). The monoisotopic (exact) mass is 360 g/mol. The number of carbonyl (C=O) groups excluding carboxylic acids is 1. The third-order valence-corrected chi connectivity index (χ3v) is 5.91. The number of rotatable bonds is 8. The van der Waals surface area contributed by atoms with E-state index in [0.29, 0.717) is 18.3 Å². The molecule has 1 saturated heterocycles. The van der Waals surface area contributed by atoms with E-state index in [2.05, 4.69) is 22.8 Å². The van der Waals surface area contributed by atoms with Gasteiger partial charge in [-0.15, -0.1) is 0 Å². The fourth-order valence-electron chi connectivity index (χ4n) is 4.25. The fourth-order valence-corrected chi connectivity index (χ4v) is 4.25. The molecule has 1 aliphatic heterocycles. The van der Waals surface area contributed by atoms with Gasteiger partial charge >= 0.3 is 0 Å². The highest BCUT2D eigenvalue weighted by Gasteiger charge is 2.38. The van der Waals surface area contributed by atoms with Crippen molar-refractivity contribution in [1.82, 2.24) is 10.6 Å². The van der Waals surface area contributed by atoms with Crippen LogP contribution in [0.5, 0.6) is 5.75 Å². The summed E-state index contributed by atoms with van der Waals surface area (Å²) in [6.45, 7) is 2.06. The number of hydrogen-bond acceptors (Lipinski definition) is 4. The zero-order valence-corrected chi connectivity index (χ0v) is 15.7. The molecule has 2 aliphatic rings. The number of amides is 1. The van der Waals surface area contributed by atoms with Crippen LogP contribution in [0.4, 0.5) is 0 Å². The van der Waals surface area contributed by atoms with Gasteiger partial charge in [0, 0.05) is 12.5 Å². The average Bonchev–Trinajstić information content (AvgIpc) is 2.65. The molecule has 144 valence electrons. The molecule has 2 fully saturated rings. The molecule has 1 atom stereocenters. The van der Waals surface area contributed by atoms with E-state index >= 15 is 0 Å². The number of nitrogens with one attached hydrogen (secondary N) is 2. The van der Waals surface area contributed by atoms with Gasteiger partial charge in [0.15, 0.2) is 0 Å². The van der Waals surface area contributed by atoms with Crippen LogP contribution in [0.2, 0.25) is 0 Å². The number of benzene rings is 1. The van der Waals surface area contributed by atoms with Crippen molar-refractivity contribution in [3.8, 4) is 5.75 Å². The summed E-state index contributed by atoms with van der Waals surface area (Å²) < 4.78 is 5.17. The molecule has 3 N–H and O–H groups in total. The number of methoxy groups -OCH3 is 1. The van der Waals surface area contributed by atoms with E-state index in [9.17, 15) is 9.90 Å². The van der Waals surface area contributed by atoms with Crippen molar-refractivity contribution in [2.24, 2.45) is 11.8 Å². The summed E-state index contributed by atoms with van der Waals surface area (Å²) in [6.07, 6.45) is 6.04. The van der Waals surface area contributed by atoms with Gasteiger partial charge in [-0.1, -0.05) is 12.1 Å². The summed E-state index contributed by atoms with van der Waals surface area (Å²) in [7, 11) is 1.67. The largest absolute Gasteiger partial charge is 0.497 e. The third-order valence-electron chi connectivity index (χ3n) is 5.91. The van der Waals surface area contributed by atoms with Crippen LogP contribution >= 0.6 is 0 Å². The van der Waals surface area contributed by atoms with E-state index in [1.165, 1.54) is 5.56 Å². The molecule has 1 aromatic carbocycles. The van der Waals surface area contributed by atoms with Gasteiger partial charge in [-0.05, 0) is 81.1 Å². The Balaban J connectivity index is 1.45. The Morgan fingerprint density at radius 3 is 2.54 bits per heavy atom. The van der Waals surface area contributed by atoms with Crippen molar-refractivity contribution in [3.05, 3.63) is 29.8 Å². The first-order valence-electron chi connectivity index (χ1n) is 9.97. The summed E-state index contributed by atoms with van der Waals surface area (Å²) in [6, 6.07) is 8.28. The Kier molecular flexibility index (Phi) is 6.92. The van der Waals surface area contributed by atoms with Gasteiger partial charge in [0.25, 0.3) is 0 Å². The summed E-state index contributed by atoms with van der Waals surface area (Å²) in [4.78, 5) is 12.5. The van der Waals surface area contributed by atoms with E-state index in [1.54, 1.807) is 7.11 Å². The molecule has 0 spiro atoms. The molecule has 1 aliphatic carbocycles. The molecule has 1 saturated carbocycles. The number of hydrogen-bond donors (Lipinski definition) is 3. The molecule has 0 unspecified atom stereocenters. The summed E-state index contributed by atoms with van der Waals surface area (Å²) >= 11 is 0. The topological polar surface area (TPSA) is 70.6 Å². The number of ether oxygens (including phenoxy) is 1. The zero-order chi connectivity index (χ0) is 18.4. The molecule has 1 amide bonds. The minimum absolute atomic E-state index is 0.156. The van der Waals surface area contributed by atoms with Gasteiger partial charge in [0.2, 0.25) is 5.91 Å². The zero-order valence-electron chi connectivity index (χ0n) is 15.7. The molecule has 5 nitrogen and oxygen atoms in total. The van der Waals surface area contributed by atoms with Gasteiger partial charge in [0.1, 0.15) is 5.75 Å². The number of aryl methyl sites for hydroxylation is 1. The van der Waals surface area contributed by atoms with Gasteiger partial charge < -0.3 is 20.5 Å². The highest BCUT2D eigenvalue weighted by atomic mass is 16.5. The first-order chi connectivity index (χ1) is 12.7. The van der Waals surface area contributed by atoms with Crippen LogP contribution < -0.4 is 15.4 Å². The van der Waals surface area contributed by atoms with Crippen LogP contribution in [0.25, 0.3) is 0 Å². The standard InChI is InChI=1S/C21H32N2O3/c1-26-19-7-5-15(6-8-19)3-2-4-20(25)23-21(17-13-18(24)14-17)16-9-11-22-12-10-16/h5-8,16-18,21-22,24H,2-4,9-14H2,1H3,(H,23,25)/t17?,18?,21-/m1/s1. The van der Waals surface area contributed by atoms with Crippen molar-refractivity contribution in [1.29, 1.82) is 0 Å². The van der Waals surface area contributed by atoms with E-state index in [4.69, 9.17) is 4.74 Å². The molecule has 26 heavy (non-hydrogen) atoms. The van der Waals surface area contributed by atoms with E-state index in [1.807, 2.05) is 12.1 Å². The lowest BCUT2D eigenvalue weighted by Crippen LogP contribution is -2.52. The van der Waals surface area contributed by atoms with Crippen LogP contribution in [0.1, 0.15) is 44.1 Å². The van der Waals surface area contributed by atoms with Crippen molar-refractivity contribution in [2.45, 2.75) is 57.1 Å². The first kappa shape index (κ1) is 19.2. The highest BCUT2D eigenvalue weighted by Crippen LogP contribution is 2.35. The summed E-state index contributed by atoms with van der Waals surface area (Å²) in [5.74, 6) is 2.00. The van der Waals surface area contributed by atoms with Crippen LogP contribution in [-0.4, -0.2) is 43.4 Å². The molecule has 1 heterocycles. The molecule has 5 heteroatoms. The molecule has 0 aromatic heterocycles. The van der Waals surface area contributed by atoms with Gasteiger partial charge in [-0.2, -0.15) is 0 Å². The highest BCUT2D eigenvalue weighted by molar-refractivity contribution is 5.76. The Morgan fingerprint density at radius 1 is 1.23 bits per heavy atom. The van der Waals surface area contributed by atoms with Crippen molar-refractivity contribution < 1.29 is 14.6 Å². The van der Waals surface area contributed by atoms with E-state index in [-0.39, 0.29) is 18.1 Å². The maximum atomic E-state index is 12.5. The average molecular weight is 360 g/mol. The molecule has 0 radical (unpaired) electrons. The lowest BCUT2D eigenvalue weighted by molar-refractivity contribution is -0.123. The van der Waals surface area contributed by atoms with Gasteiger partial charge in [0.05, 0.1) is 13.2 Å². The number of aliphatic hydroxyl groups excluding tert-OH is 1. The maximum absolute atomic E-state index is 12.5. The van der Waals surface area contributed by atoms with Gasteiger partial charge in [-0.3, -0.25) is 4.79 Å². The van der Waals surface area contributed by atoms with Crippen LogP contribution in [0.15, 0.2) is 24.3 Å². The second kappa shape index (κ2) is 9.38. The lowest BCUT2D eigenvalue weighted by Gasteiger charge is -2.43. The molecular formula is C21H32N2O3. The normalized spacial score (nSPS) is 24.5. The Morgan fingerprint density at radius 2 is 1.92 bits per heavy atom. The number of piperidine rings is 1. The van der Waals surface area contributed by atoms with Crippen molar-refractivity contribution >= 4 is 5.91 Å². The summed E-state index contributed by atoms with van der Waals surface area (Å²) in [5.41, 5.74) is 1.23. The second-order valence-corrected chi connectivity index (χ2v) is 7.77. The lowest BCUT2D eigenvalue weighted by atomic mass is 9.71. The molecule has 1 aromatic rings. The fraction of sp³-hybridized carbons (Fsp3) is 0.667. The van der Waals surface area contributed by atoms with Crippen molar-refractivity contribution in [2.75, 3.05) is 20.2 Å². The predicted molar refractivity (Wildman–Crippen MR) is 102 cm³/mol. The Labute approximate surface area is 156 Å². The minimum Gasteiger partial charge on any atom is -0.497 e. The minimum atomic E-state index is -0.170. The first-order valence-corrected chi connectivity index (χ1v) is 9.97. The van der Waals surface area contributed by atoms with Crippen molar-refractivity contribution in [3.63, 3.8) is 0 Å². The SMILES string of the molecule is COc1ccc(CCCC(=O)N[C@H](C2CCNCC2)C2CC(O)C2)cc1.